The van der Waals surface area contributed by atoms with Crippen LogP contribution >= 0.6 is 0 Å². The van der Waals surface area contributed by atoms with Gasteiger partial charge in [0.2, 0.25) is 0 Å². The third-order valence-corrected chi connectivity index (χ3v) is 3.95. The Morgan fingerprint density at radius 3 is 2.79 bits per heavy atom. The molecule has 0 unspecified atom stereocenters. The lowest BCUT2D eigenvalue weighted by Gasteiger charge is -2.07. The van der Waals surface area contributed by atoms with Crippen molar-refractivity contribution in [3.05, 3.63) is 58.3 Å². The standard InChI is InChI=1S/C18H23N5O/c1-2-9-20-11-13-3-5-16(6-4-13)23-12-14-10-15(7-8-19)21-17(14)22-18(23)24/h3-6,10,12,20H,2,7-9,11,19H2,1H3,(H,21,22,24). The van der Waals surface area contributed by atoms with Crippen LogP contribution in [0.25, 0.3) is 16.7 Å². The first kappa shape index (κ1) is 16.4. The van der Waals surface area contributed by atoms with Crippen LogP contribution in [0.15, 0.2) is 41.3 Å². The lowest BCUT2D eigenvalue weighted by molar-refractivity contribution is 0.675. The van der Waals surface area contributed by atoms with Crippen LogP contribution in [0, 0.1) is 0 Å². The van der Waals surface area contributed by atoms with E-state index < -0.39 is 0 Å². The summed E-state index contributed by atoms with van der Waals surface area (Å²) in [6.07, 6.45) is 3.68. The van der Waals surface area contributed by atoms with Crippen molar-refractivity contribution in [2.24, 2.45) is 5.73 Å². The number of aromatic nitrogens is 3. The Hall–Kier alpha value is -2.44. The molecular weight excluding hydrogens is 302 g/mol. The van der Waals surface area contributed by atoms with Gasteiger partial charge in [-0.1, -0.05) is 19.1 Å². The van der Waals surface area contributed by atoms with Gasteiger partial charge in [-0.05, 0) is 49.7 Å². The van der Waals surface area contributed by atoms with E-state index in [1.807, 2.05) is 36.5 Å². The van der Waals surface area contributed by atoms with Crippen LogP contribution in [0.5, 0.6) is 0 Å². The van der Waals surface area contributed by atoms with E-state index in [2.05, 4.69) is 22.2 Å². The van der Waals surface area contributed by atoms with Gasteiger partial charge < -0.3 is 16.0 Å². The fourth-order valence-corrected chi connectivity index (χ4v) is 2.71. The van der Waals surface area contributed by atoms with Crippen LogP contribution in [0.4, 0.5) is 0 Å². The van der Waals surface area contributed by atoms with Crippen molar-refractivity contribution in [3.8, 4) is 5.69 Å². The first-order valence-electron chi connectivity index (χ1n) is 8.32. The molecule has 0 saturated heterocycles. The molecule has 0 saturated carbocycles. The van der Waals surface area contributed by atoms with Gasteiger partial charge in [0.05, 0.1) is 5.69 Å². The molecule has 0 spiro atoms. The molecule has 4 N–H and O–H groups in total. The number of fused-ring (bicyclic) bond motifs is 1. The second-order valence-corrected chi connectivity index (χ2v) is 5.87. The Morgan fingerprint density at radius 1 is 1.29 bits per heavy atom. The summed E-state index contributed by atoms with van der Waals surface area (Å²) in [5, 5.41) is 4.27. The van der Waals surface area contributed by atoms with Crippen molar-refractivity contribution in [2.75, 3.05) is 13.1 Å². The summed E-state index contributed by atoms with van der Waals surface area (Å²) in [4.78, 5) is 19.6. The summed E-state index contributed by atoms with van der Waals surface area (Å²) in [6, 6.07) is 9.96. The van der Waals surface area contributed by atoms with Crippen molar-refractivity contribution in [2.45, 2.75) is 26.3 Å². The quantitative estimate of drug-likeness (QED) is 0.577. The molecule has 24 heavy (non-hydrogen) atoms. The molecule has 0 amide bonds. The zero-order valence-electron chi connectivity index (χ0n) is 13.9. The number of hydrogen-bond donors (Lipinski definition) is 3. The normalized spacial score (nSPS) is 11.2. The Balaban J connectivity index is 1.88. The molecule has 3 rings (SSSR count). The van der Waals surface area contributed by atoms with E-state index in [1.165, 1.54) is 5.56 Å². The second-order valence-electron chi connectivity index (χ2n) is 5.87. The van der Waals surface area contributed by atoms with Crippen LogP contribution in [0.2, 0.25) is 0 Å². The largest absolute Gasteiger partial charge is 0.354 e. The van der Waals surface area contributed by atoms with Crippen molar-refractivity contribution < 1.29 is 0 Å². The highest BCUT2D eigenvalue weighted by Gasteiger charge is 2.07. The SMILES string of the molecule is CCCNCc1ccc(-n2cc3cc(CCN)[nH]c3nc2=O)cc1. The van der Waals surface area contributed by atoms with Crippen molar-refractivity contribution >= 4 is 11.0 Å². The molecule has 0 aliphatic heterocycles. The molecule has 6 heteroatoms. The molecule has 0 bridgehead atoms. The maximum atomic E-state index is 12.3. The number of aromatic amines is 1. The summed E-state index contributed by atoms with van der Waals surface area (Å²) < 4.78 is 1.58. The van der Waals surface area contributed by atoms with Gasteiger partial charge in [-0.25, -0.2) is 4.79 Å². The van der Waals surface area contributed by atoms with E-state index in [1.54, 1.807) is 4.57 Å². The molecule has 0 fully saturated rings. The summed E-state index contributed by atoms with van der Waals surface area (Å²) in [5.41, 5.74) is 8.90. The minimum absolute atomic E-state index is 0.291. The Bertz CT molecular complexity index is 863. The highest BCUT2D eigenvalue weighted by Crippen LogP contribution is 2.14. The zero-order valence-corrected chi connectivity index (χ0v) is 13.9. The second kappa shape index (κ2) is 7.42. The van der Waals surface area contributed by atoms with Gasteiger partial charge in [0.1, 0.15) is 5.65 Å². The maximum absolute atomic E-state index is 12.3. The average Bonchev–Trinajstić information content (AvgIpc) is 2.97. The van der Waals surface area contributed by atoms with Crippen LogP contribution in [-0.4, -0.2) is 27.6 Å². The molecule has 6 nitrogen and oxygen atoms in total. The van der Waals surface area contributed by atoms with Crippen LogP contribution in [0.3, 0.4) is 0 Å². The summed E-state index contributed by atoms with van der Waals surface area (Å²) >= 11 is 0. The molecule has 126 valence electrons. The first-order chi connectivity index (χ1) is 11.7. The summed E-state index contributed by atoms with van der Waals surface area (Å²) in [5.74, 6) is 0. The molecule has 2 heterocycles. The highest BCUT2D eigenvalue weighted by molar-refractivity contribution is 5.75. The molecular formula is C18H23N5O. The van der Waals surface area contributed by atoms with Gasteiger partial charge >= 0.3 is 5.69 Å². The molecule has 3 aromatic rings. The third-order valence-electron chi connectivity index (χ3n) is 3.95. The molecule has 0 aliphatic carbocycles. The minimum Gasteiger partial charge on any atom is -0.343 e. The monoisotopic (exact) mass is 325 g/mol. The molecule has 1 aromatic carbocycles. The lowest BCUT2D eigenvalue weighted by atomic mass is 10.2. The Kier molecular flexibility index (Phi) is 5.08. The number of nitrogens with two attached hydrogens (primary N) is 1. The van der Waals surface area contributed by atoms with Gasteiger partial charge in [0.15, 0.2) is 0 Å². The van der Waals surface area contributed by atoms with Crippen molar-refractivity contribution in [3.63, 3.8) is 0 Å². The van der Waals surface area contributed by atoms with Gasteiger partial charge in [-0.3, -0.25) is 4.57 Å². The summed E-state index contributed by atoms with van der Waals surface area (Å²) in [7, 11) is 0. The van der Waals surface area contributed by atoms with E-state index in [4.69, 9.17) is 5.73 Å². The smallest absolute Gasteiger partial charge is 0.343 e. The van der Waals surface area contributed by atoms with E-state index in [0.29, 0.717) is 12.2 Å². The zero-order chi connectivity index (χ0) is 16.9. The van der Waals surface area contributed by atoms with Crippen LogP contribution in [-0.2, 0) is 13.0 Å². The van der Waals surface area contributed by atoms with Crippen LogP contribution in [0.1, 0.15) is 24.6 Å². The van der Waals surface area contributed by atoms with E-state index in [0.717, 1.165) is 42.7 Å². The molecule has 0 aliphatic rings. The Labute approximate surface area is 140 Å². The van der Waals surface area contributed by atoms with Crippen molar-refractivity contribution in [1.29, 1.82) is 0 Å². The van der Waals surface area contributed by atoms with Gasteiger partial charge in [-0.15, -0.1) is 0 Å². The highest BCUT2D eigenvalue weighted by atomic mass is 16.1. The fraction of sp³-hybridized carbons (Fsp3) is 0.333. The summed E-state index contributed by atoms with van der Waals surface area (Å²) in [6.45, 7) is 4.54. The minimum atomic E-state index is -0.291. The third kappa shape index (κ3) is 3.55. The van der Waals surface area contributed by atoms with E-state index in [9.17, 15) is 4.79 Å². The predicted molar refractivity (Wildman–Crippen MR) is 96.4 cm³/mol. The van der Waals surface area contributed by atoms with Gasteiger partial charge in [-0.2, -0.15) is 4.98 Å². The van der Waals surface area contributed by atoms with Gasteiger partial charge in [0, 0.05) is 23.8 Å². The average molecular weight is 325 g/mol. The van der Waals surface area contributed by atoms with Crippen molar-refractivity contribution in [1.82, 2.24) is 19.9 Å². The first-order valence-corrected chi connectivity index (χ1v) is 8.32. The lowest BCUT2D eigenvalue weighted by Crippen LogP contribution is -2.20. The number of H-pyrrole nitrogens is 1. The molecule has 0 atom stereocenters. The number of nitrogens with zero attached hydrogens (tertiary/aromatic N) is 2. The number of nitrogens with one attached hydrogen (secondary N) is 2. The van der Waals surface area contributed by atoms with E-state index in [-0.39, 0.29) is 5.69 Å². The van der Waals surface area contributed by atoms with E-state index >= 15 is 0 Å². The predicted octanol–water partition coefficient (Wildman–Crippen LogP) is 1.71. The maximum Gasteiger partial charge on any atom is 0.354 e. The topological polar surface area (TPSA) is 88.7 Å². The Morgan fingerprint density at radius 2 is 2.08 bits per heavy atom. The number of hydrogen-bond acceptors (Lipinski definition) is 4. The fourth-order valence-electron chi connectivity index (χ4n) is 2.71. The molecule has 2 aromatic heterocycles. The number of benzene rings is 1. The number of rotatable bonds is 7. The van der Waals surface area contributed by atoms with Gasteiger partial charge in [0.25, 0.3) is 0 Å². The van der Waals surface area contributed by atoms with Crippen LogP contribution < -0.4 is 16.7 Å². The molecule has 0 radical (unpaired) electrons.